The predicted octanol–water partition coefficient (Wildman–Crippen LogP) is 3.33. The number of hydrogen-bond acceptors (Lipinski definition) is 4. The average Bonchev–Trinajstić information content (AvgIpc) is 2.88. The van der Waals surface area contributed by atoms with Crippen LogP contribution in [0, 0.1) is 19.8 Å². The van der Waals surface area contributed by atoms with Gasteiger partial charge in [-0.25, -0.2) is 0 Å². The van der Waals surface area contributed by atoms with E-state index < -0.39 is 0 Å². The largest absolute Gasteiger partial charge is 0.361 e. The molecule has 1 aromatic rings. The number of carbonyl (C=O) groups is 1. The zero-order chi connectivity index (χ0) is 16.2. The van der Waals surface area contributed by atoms with Gasteiger partial charge < -0.3 is 9.42 Å². The molecular weight excluding hydrogens is 326 g/mol. The quantitative estimate of drug-likeness (QED) is 0.831. The van der Waals surface area contributed by atoms with Crippen LogP contribution in [0.15, 0.2) is 4.52 Å². The summed E-state index contributed by atoms with van der Waals surface area (Å²) in [6.45, 7) is 8.45. The van der Waals surface area contributed by atoms with Crippen LogP contribution in [-0.2, 0) is 11.3 Å². The number of hydrogen-bond donors (Lipinski definition) is 0. The minimum Gasteiger partial charge on any atom is -0.361 e. The van der Waals surface area contributed by atoms with Crippen LogP contribution in [0.4, 0.5) is 0 Å². The molecule has 0 atom stereocenters. The van der Waals surface area contributed by atoms with Crippen molar-refractivity contribution in [2.24, 2.45) is 5.92 Å². The molecule has 1 amide bonds. The zero-order valence-corrected chi connectivity index (χ0v) is 15.7. The van der Waals surface area contributed by atoms with Crippen molar-refractivity contribution in [1.82, 2.24) is 15.0 Å². The highest BCUT2D eigenvalue weighted by Gasteiger charge is 2.25. The number of aryl methyl sites for hydroxylation is 2. The highest BCUT2D eigenvalue weighted by molar-refractivity contribution is 5.85. The molecular formula is C18H30ClN3O2. The minimum absolute atomic E-state index is 0. The number of nitrogens with zero attached hydrogens (tertiary/aromatic N) is 3. The SMILES string of the molecule is Cc1noc(C)c1CN1CCN(C(=O)CC2CCCCC2)CC1.Cl. The average molecular weight is 356 g/mol. The van der Waals surface area contributed by atoms with Crippen molar-refractivity contribution >= 4 is 18.3 Å². The van der Waals surface area contributed by atoms with Gasteiger partial charge in [0.1, 0.15) is 5.76 Å². The maximum atomic E-state index is 12.5. The molecule has 0 bridgehead atoms. The molecule has 3 rings (SSSR count). The summed E-state index contributed by atoms with van der Waals surface area (Å²) in [6.07, 6.45) is 7.23. The molecule has 1 aromatic heterocycles. The van der Waals surface area contributed by atoms with E-state index in [1.807, 2.05) is 13.8 Å². The molecule has 0 unspecified atom stereocenters. The summed E-state index contributed by atoms with van der Waals surface area (Å²) in [5.74, 6) is 1.92. The van der Waals surface area contributed by atoms with Gasteiger partial charge in [-0.1, -0.05) is 24.4 Å². The lowest BCUT2D eigenvalue weighted by Crippen LogP contribution is -2.48. The first-order valence-electron chi connectivity index (χ1n) is 9.05. The molecule has 136 valence electrons. The first-order valence-corrected chi connectivity index (χ1v) is 9.05. The van der Waals surface area contributed by atoms with E-state index in [1.54, 1.807) is 0 Å². The highest BCUT2D eigenvalue weighted by atomic mass is 35.5. The molecule has 6 heteroatoms. The smallest absolute Gasteiger partial charge is 0.222 e. The lowest BCUT2D eigenvalue weighted by Gasteiger charge is -2.35. The molecule has 1 aliphatic carbocycles. The fourth-order valence-corrected chi connectivity index (χ4v) is 3.87. The third-order valence-electron chi connectivity index (χ3n) is 5.48. The Kier molecular flexibility index (Phi) is 7.11. The molecule has 0 N–H and O–H groups in total. The summed E-state index contributed by atoms with van der Waals surface area (Å²) in [5, 5.41) is 4.02. The Morgan fingerprint density at radius 2 is 1.79 bits per heavy atom. The summed E-state index contributed by atoms with van der Waals surface area (Å²) in [4.78, 5) is 16.9. The number of piperazine rings is 1. The van der Waals surface area contributed by atoms with Crippen LogP contribution in [0.1, 0.15) is 55.5 Å². The van der Waals surface area contributed by atoms with E-state index in [2.05, 4.69) is 15.0 Å². The molecule has 2 fully saturated rings. The maximum absolute atomic E-state index is 12.5. The van der Waals surface area contributed by atoms with E-state index in [9.17, 15) is 4.79 Å². The summed E-state index contributed by atoms with van der Waals surface area (Å²) < 4.78 is 5.24. The van der Waals surface area contributed by atoms with Gasteiger partial charge in [-0.3, -0.25) is 9.69 Å². The summed E-state index contributed by atoms with van der Waals surface area (Å²) in [5.41, 5.74) is 2.19. The van der Waals surface area contributed by atoms with Crippen LogP contribution in [0.5, 0.6) is 0 Å². The van der Waals surface area contributed by atoms with Crippen molar-refractivity contribution in [1.29, 1.82) is 0 Å². The van der Waals surface area contributed by atoms with Gasteiger partial charge in [0.25, 0.3) is 0 Å². The molecule has 0 aromatic carbocycles. The summed E-state index contributed by atoms with van der Waals surface area (Å²) in [7, 11) is 0. The topological polar surface area (TPSA) is 49.6 Å². The highest BCUT2D eigenvalue weighted by Crippen LogP contribution is 2.27. The Morgan fingerprint density at radius 1 is 1.12 bits per heavy atom. The van der Waals surface area contributed by atoms with Gasteiger partial charge in [-0.15, -0.1) is 12.4 Å². The van der Waals surface area contributed by atoms with Gasteiger partial charge in [0.15, 0.2) is 0 Å². The molecule has 1 saturated carbocycles. The standard InChI is InChI=1S/C18H29N3O2.ClH/c1-14-17(15(2)23-19-14)13-20-8-10-21(11-9-20)18(22)12-16-6-4-3-5-7-16;/h16H,3-13H2,1-2H3;1H. The van der Waals surface area contributed by atoms with Crippen molar-refractivity contribution < 1.29 is 9.32 Å². The number of rotatable bonds is 4. The minimum atomic E-state index is 0. The van der Waals surface area contributed by atoms with Crippen molar-refractivity contribution in [2.45, 2.75) is 58.9 Å². The maximum Gasteiger partial charge on any atom is 0.222 e. The number of amides is 1. The Bertz CT molecular complexity index is 513. The zero-order valence-electron chi connectivity index (χ0n) is 14.9. The van der Waals surface area contributed by atoms with Gasteiger partial charge in [0, 0.05) is 44.7 Å². The van der Waals surface area contributed by atoms with Gasteiger partial charge in [-0.05, 0) is 32.6 Å². The van der Waals surface area contributed by atoms with Crippen LogP contribution in [-0.4, -0.2) is 47.0 Å². The van der Waals surface area contributed by atoms with Crippen LogP contribution in [0.2, 0.25) is 0 Å². The third-order valence-corrected chi connectivity index (χ3v) is 5.48. The van der Waals surface area contributed by atoms with E-state index >= 15 is 0 Å². The van der Waals surface area contributed by atoms with Crippen LogP contribution in [0.3, 0.4) is 0 Å². The summed E-state index contributed by atoms with van der Waals surface area (Å²) in [6, 6.07) is 0. The van der Waals surface area contributed by atoms with Crippen molar-refractivity contribution in [3.63, 3.8) is 0 Å². The van der Waals surface area contributed by atoms with Gasteiger partial charge in [0.2, 0.25) is 5.91 Å². The van der Waals surface area contributed by atoms with Crippen LogP contribution >= 0.6 is 12.4 Å². The van der Waals surface area contributed by atoms with Gasteiger partial charge in [0.05, 0.1) is 5.69 Å². The second-order valence-electron chi connectivity index (χ2n) is 7.17. The third kappa shape index (κ3) is 4.73. The molecule has 1 saturated heterocycles. The normalized spacial score (nSPS) is 20.0. The molecule has 5 nitrogen and oxygen atoms in total. The lowest BCUT2D eigenvalue weighted by atomic mass is 9.86. The molecule has 2 heterocycles. The fraction of sp³-hybridized carbons (Fsp3) is 0.778. The Balaban J connectivity index is 0.00000208. The van der Waals surface area contributed by atoms with Crippen molar-refractivity contribution in [3.05, 3.63) is 17.0 Å². The molecule has 2 aliphatic rings. The molecule has 1 aliphatic heterocycles. The van der Waals surface area contributed by atoms with Gasteiger partial charge in [-0.2, -0.15) is 0 Å². The Labute approximate surface area is 151 Å². The van der Waals surface area contributed by atoms with E-state index in [0.29, 0.717) is 11.8 Å². The van der Waals surface area contributed by atoms with Crippen LogP contribution in [0.25, 0.3) is 0 Å². The number of halogens is 1. The predicted molar refractivity (Wildman–Crippen MR) is 96.3 cm³/mol. The van der Waals surface area contributed by atoms with E-state index in [1.165, 1.54) is 37.7 Å². The van der Waals surface area contributed by atoms with Crippen molar-refractivity contribution in [2.75, 3.05) is 26.2 Å². The van der Waals surface area contributed by atoms with Crippen LogP contribution < -0.4 is 0 Å². The first kappa shape index (κ1) is 19.3. The number of aromatic nitrogens is 1. The fourth-order valence-electron chi connectivity index (χ4n) is 3.87. The first-order chi connectivity index (χ1) is 11.1. The lowest BCUT2D eigenvalue weighted by molar-refractivity contribution is -0.134. The Hall–Kier alpha value is -1.07. The second kappa shape index (κ2) is 8.86. The summed E-state index contributed by atoms with van der Waals surface area (Å²) >= 11 is 0. The Morgan fingerprint density at radius 3 is 2.38 bits per heavy atom. The second-order valence-corrected chi connectivity index (χ2v) is 7.17. The van der Waals surface area contributed by atoms with E-state index in [-0.39, 0.29) is 12.4 Å². The van der Waals surface area contributed by atoms with Crippen molar-refractivity contribution in [3.8, 4) is 0 Å². The molecule has 0 spiro atoms. The monoisotopic (exact) mass is 355 g/mol. The van der Waals surface area contributed by atoms with Gasteiger partial charge >= 0.3 is 0 Å². The van der Waals surface area contributed by atoms with E-state index in [4.69, 9.17) is 4.52 Å². The molecule has 24 heavy (non-hydrogen) atoms. The number of carbonyl (C=O) groups excluding carboxylic acids is 1. The molecule has 0 radical (unpaired) electrons. The van der Waals surface area contributed by atoms with E-state index in [0.717, 1.165) is 50.6 Å².